The number of aromatic nitrogens is 2. The van der Waals surface area contributed by atoms with E-state index in [1.54, 1.807) is 6.07 Å². The van der Waals surface area contributed by atoms with Crippen molar-refractivity contribution in [2.45, 2.75) is 12.8 Å². The molecule has 0 fully saturated rings. The van der Waals surface area contributed by atoms with E-state index in [1.807, 2.05) is 11.4 Å². The molecule has 0 aliphatic carbocycles. The molecule has 0 atom stereocenters. The molecule has 0 saturated heterocycles. The van der Waals surface area contributed by atoms with E-state index in [9.17, 15) is 9.59 Å². The number of aromatic carboxylic acids is 1. The van der Waals surface area contributed by atoms with Gasteiger partial charge in [-0.15, -0.1) is 11.3 Å². The first kappa shape index (κ1) is 15.4. The molecule has 2 rings (SSSR count). The van der Waals surface area contributed by atoms with E-state index in [-0.39, 0.29) is 12.1 Å². The molecule has 0 aromatic carbocycles. The second-order valence-corrected chi connectivity index (χ2v) is 5.04. The Bertz CT molecular complexity index is 676. The second-order valence-electron chi connectivity index (χ2n) is 4.09. The van der Waals surface area contributed by atoms with Gasteiger partial charge < -0.3 is 14.6 Å². The van der Waals surface area contributed by atoms with Crippen molar-refractivity contribution in [3.05, 3.63) is 39.6 Å². The van der Waals surface area contributed by atoms with Crippen LogP contribution in [0.15, 0.2) is 28.5 Å². The first-order valence-corrected chi connectivity index (χ1v) is 6.89. The number of nitrogens with zero attached hydrogens (tertiary/aromatic N) is 2. The fourth-order valence-electron chi connectivity index (χ4n) is 1.81. The topological polar surface area (TPSA) is 90.7 Å². The summed E-state index contributed by atoms with van der Waals surface area (Å²) in [6, 6.07) is 3.63. The number of thiophene rings is 1. The van der Waals surface area contributed by atoms with Gasteiger partial charge in [0, 0.05) is 20.4 Å². The maximum absolute atomic E-state index is 12.3. The average molecular weight is 310 g/mol. The van der Waals surface area contributed by atoms with Gasteiger partial charge in [-0.3, -0.25) is 9.36 Å². The molecule has 0 spiro atoms. The summed E-state index contributed by atoms with van der Waals surface area (Å²) in [6.45, 7) is 0.0488. The Labute approximate surface area is 124 Å². The summed E-state index contributed by atoms with van der Waals surface area (Å²) in [5.74, 6) is -0.926. The van der Waals surface area contributed by atoms with Crippen LogP contribution >= 0.6 is 11.3 Å². The summed E-state index contributed by atoms with van der Waals surface area (Å²) >= 11 is 1.40. The van der Waals surface area contributed by atoms with E-state index in [0.29, 0.717) is 5.82 Å². The highest BCUT2D eigenvalue weighted by molar-refractivity contribution is 7.13. The predicted molar refractivity (Wildman–Crippen MR) is 76.6 cm³/mol. The van der Waals surface area contributed by atoms with Crippen LogP contribution in [0.2, 0.25) is 0 Å². The third-order valence-corrected chi connectivity index (χ3v) is 3.74. The van der Waals surface area contributed by atoms with Crippen LogP contribution in [0.1, 0.15) is 10.4 Å². The molecule has 7 nitrogen and oxygen atoms in total. The third-order valence-electron chi connectivity index (χ3n) is 2.88. The van der Waals surface area contributed by atoms with Gasteiger partial charge in [0.05, 0.1) is 11.4 Å². The van der Waals surface area contributed by atoms with Gasteiger partial charge in [0.15, 0.2) is 12.1 Å². The fourth-order valence-corrected chi connectivity index (χ4v) is 2.53. The molecule has 0 unspecified atom stereocenters. The highest BCUT2D eigenvalue weighted by atomic mass is 32.1. The SMILES string of the molecule is COC(Cn1c(-c2cccs2)ncc(C(=O)O)c1=O)OC. The molecule has 0 aliphatic heterocycles. The van der Waals surface area contributed by atoms with Crippen LogP contribution < -0.4 is 5.56 Å². The predicted octanol–water partition coefficient (Wildman–Crippen LogP) is 1.29. The molecule has 112 valence electrons. The second kappa shape index (κ2) is 6.61. The summed E-state index contributed by atoms with van der Waals surface area (Å²) in [4.78, 5) is 28.3. The summed E-state index contributed by atoms with van der Waals surface area (Å²) in [5, 5.41) is 10.9. The lowest BCUT2D eigenvalue weighted by Crippen LogP contribution is -2.33. The smallest absolute Gasteiger partial charge is 0.342 e. The average Bonchev–Trinajstić information content (AvgIpc) is 2.99. The van der Waals surface area contributed by atoms with Gasteiger partial charge in [0.2, 0.25) is 0 Å². The fraction of sp³-hybridized carbons (Fsp3) is 0.308. The van der Waals surface area contributed by atoms with Crippen LogP contribution in [0.25, 0.3) is 10.7 Å². The van der Waals surface area contributed by atoms with E-state index in [0.717, 1.165) is 11.1 Å². The number of rotatable bonds is 6. The summed E-state index contributed by atoms with van der Waals surface area (Å²) < 4.78 is 11.4. The van der Waals surface area contributed by atoms with Crippen molar-refractivity contribution in [1.29, 1.82) is 0 Å². The van der Waals surface area contributed by atoms with Crippen molar-refractivity contribution in [3.8, 4) is 10.7 Å². The van der Waals surface area contributed by atoms with Crippen LogP contribution in [0, 0.1) is 0 Å². The zero-order chi connectivity index (χ0) is 15.4. The van der Waals surface area contributed by atoms with E-state index in [4.69, 9.17) is 14.6 Å². The van der Waals surface area contributed by atoms with Crippen molar-refractivity contribution < 1.29 is 19.4 Å². The van der Waals surface area contributed by atoms with E-state index >= 15 is 0 Å². The zero-order valence-electron chi connectivity index (χ0n) is 11.5. The Morgan fingerprint density at radius 3 is 2.71 bits per heavy atom. The minimum atomic E-state index is -1.31. The van der Waals surface area contributed by atoms with Crippen molar-refractivity contribution in [3.63, 3.8) is 0 Å². The van der Waals surface area contributed by atoms with Crippen LogP contribution in [0.4, 0.5) is 0 Å². The van der Waals surface area contributed by atoms with Gasteiger partial charge >= 0.3 is 5.97 Å². The Hall–Kier alpha value is -2.03. The quantitative estimate of drug-likeness (QED) is 0.809. The first-order valence-electron chi connectivity index (χ1n) is 6.01. The number of methoxy groups -OCH3 is 2. The van der Waals surface area contributed by atoms with Gasteiger partial charge in [-0.1, -0.05) is 6.07 Å². The normalized spacial score (nSPS) is 11.0. The van der Waals surface area contributed by atoms with Gasteiger partial charge in [-0.05, 0) is 11.4 Å². The molecule has 2 heterocycles. The van der Waals surface area contributed by atoms with Gasteiger partial charge in [0.25, 0.3) is 5.56 Å². The Morgan fingerprint density at radius 2 is 2.19 bits per heavy atom. The monoisotopic (exact) mass is 310 g/mol. The highest BCUT2D eigenvalue weighted by Gasteiger charge is 2.19. The van der Waals surface area contributed by atoms with Crippen LogP contribution in [0.5, 0.6) is 0 Å². The zero-order valence-corrected chi connectivity index (χ0v) is 12.3. The van der Waals surface area contributed by atoms with E-state index in [2.05, 4.69) is 4.98 Å². The Morgan fingerprint density at radius 1 is 1.48 bits per heavy atom. The minimum Gasteiger partial charge on any atom is -0.477 e. The summed E-state index contributed by atoms with van der Waals surface area (Å²) in [6.07, 6.45) is 0.400. The van der Waals surface area contributed by atoms with Crippen molar-refractivity contribution in [1.82, 2.24) is 9.55 Å². The highest BCUT2D eigenvalue weighted by Crippen LogP contribution is 2.22. The molecule has 0 aliphatic rings. The summed E-state index contributed by atoms with van der Waals surface area (Å²) in [5.41, 5.74) is -1.03. The lowest BCUT2D eigenvalue weighted by Gasteiger charge is -2.17. The van der Waals surface area contributed by atoms with Crippen LogP contribution in [-0.4, -0.2) is 41.1 Å². The molecule has 21 heavy (non-hydrogen) atoms. The molecular formula is C13H14N2O5S. The van der Waals surface area contributed by atoms with E-state index in [1.165, 1.54) is 30.1 Å². The largest absolute Gasteiger partial charge is 0.477 e. The molecule has 2 aromatic rings. The molecule has 0 bridgehead atoms. The standard InChI is InChI=1S/C13H14N2O5S/c1-19-10(20-2)7-15-11(9-4-3-5-21-9)14-6-8(12(15)16)13(17)18/h3-6,10H,7H2,1-2H3,(H,17,18). The van der Waals surface area contributed by atoms with E-state index < -0.39 is 17.8 Å². The number of ether oxygens (including phenoxy) is 2. The van der Waals surface area contributed by atoms with Crippen LogP contribution in [-0.2, 0) is 16.0 Å². The molecule has 8 heteroatoms. The van der Waals surface area contributed by atoms with Crippen molar-refractivity contribution in [2.24, 2.45) is 0 Å². The molecule has 0 amide bonds. The molecule has 2 aromatic heterocycles. The van der Waals surface area contributed by atoms with Gasteiger partial charge in [-0.25, -0.2) is 9.78 Å². The molecule has 1 N–H and O–H groups in total. The third kappa shape index (κ3) is 3.18. The van der Waals surface area contributed by atoms with Gasteiger partial charge in [0.1, 0.15) is 5.56 Å². The number of hydrogen-bond donors (Lipinski definition) is 1. The lowest BCUT2D eigenvalue weighted by atomic mass is 10.3. The lowest BCUT2D eigenvalue weighted by molar-refractivity contribution is -0.111. The Balaban J connectivity index is 2.58. The maximum atomic E-state index is 12.3. The number of hydrogen-bond acceptors (Lipinski definition) is 6. The maximum Gasteiger partial charge on any atom is 0.342 e. The van der Waals surface area contributed by atoms with Crippen LogP contribution in [0.3, 0.4) is 0 Å². The summed E-state index contributed by atoms with van der Waals surface area (Å²) in [7, 11) is 2.89. The van der Waals surface area contributed by atoms with Crippen molar-refractivity contribution in [2.75, 3.05) is 14.2 Å². The van der Waals surface area contributed by atoms with Gasteiger partial charge in [-0.2, -0.15) is 0 Å². The number of carboxylic acid groups (broad SMARTS) is 1. The number of carbonyl (C=O) groups is 1. The molecular weight excluding hydrogens is 296 g/mol. The minimum absolute atomic E-state index is 0.0488. The van der Waals surface area contributed by atoms with Crippen molar-refractivity contribution >= 4 is 17.3 Å². The Kier molecular flexibility index (Phi) is 4.84. The molecule has 0 saturated carbocycles. The number of carboxylic acids is 1. The molecule has 0 radical (unpaired) electrons. The first-order chi connectivity index (χ1) is 10.1.